The van der Waals surface area contributed by atoms with Gasteiger partial charge in [-0.15, -0.1) is 0 Å². The molecule has 238 valence electrons. The molecule has 0 aromatic heterocycles. The van der Waals surface area contributed by atoms with Crippen LogP contribution in [0, 0.1) is 23.2 Å². The van der Waals surface area contributed by atoms with Gasteiger partial charge in [-0.1, -0.05) is 73.1 Å². The summed E-state index contributed by atoms with van der Waals surface area (Å²) in [6.07, 6.45) is 9.19. The number of nitriles is 1. The van der Waals surface area contributed by atoms with Crippen molar-refractivity contribution in [2.75, 3.05) is 19.6 Å². The third-order valence-electron chi connectivity index (χ3n) is 8.23. The summed E-state index contributed by atoms with van der Waals surface area (Å²) in [6, 6.07) is 1.81. The first-order valence-electron chi connectivity index (χ1n) is 16.0. The predicted molar refractivity (Wildman–Crippen MR) is 170 cm³/mol. The molecule has 0 spiro atoms. The number of alkyl carbamates (subject to hydrolysis) is 1. The molecule has 1 rings (SSSR count). The molecule has 1 aliphatic carbocycles. The van der Waals surface area contributed by atoms with Crippen LogP contribution in [0.1, 0.15) is 120 Å². The summed E-state index contributed by atoms with van der Waals surface area (Å²) < 4.78 is 12.8. The minimum Gasteiger partial charge on any atom is -0.444 e. The van der Waals surface area contributed by atoms with E-state index in [0.29, 0.717) is 32.0 Å². The maximum Gasteiger partial charge on any atom is 0.407 e. The van der Waals surface area contributed by atoms with Crippen molar-refractivity contribution in [2.45, 2.75) is 155 Å². The maximum atomic E-state index is 13.5. The lowest BCUT2D eigenvalue weighted by atomic mass is 9.83. The first-order valence-corrected chi connectivity index (χ1v) is 18.9. The van der Waals surface area contributed by atoms with Crippen molar-refractivity contribution in [3.8, 4) is 6.07 Å². The first kappa shape index (κ1) is 37.2. The molecule has 2 N–H and O–H groups in total. The van der Waals surface area contributed by atoms with Crippen molar-refractivity contribution in [1.29, 1.82) is 5.26 Å². The normalized spacial score (nSPS) is 16.5. The van der Waals surface area contributed by atoms with E-state index >= 15 is 0 Å². The van der Waals surface area contributed by atoms with E-state index in [1.807, 2.05) is 25.7 Å². The number of hydrogen-bond acceptors (Lipinski definition) is 5. The fourth-order valence-electron chi connectivity index (χ4n) is 5.06. The van der Waals surface area contributed by atoms with Gasteiger partial charge in [0.2, 0.25) is 0 Å². The van der Waals surface area contributed by atoms with Crippen LogP contribution in [0.3, 0.4) is 0 Å². The van der Waals surface area contributed by atoms with Gasteiger partial charge in [-0.05, 0) is 70.0 Å². The maximum absolute atomic E-state index is 13.5. The van der Waals surface area contributed by atoms with E-state index in [1.54, 1.807) is 0 Å². The van der Waals surface area contributed by atoms with Gasteiger partial charge >= 0.3 is 12.1 Å². The molecule has 1 saturated carbocycles. The zero-order valence-corrected chi connectivity index (χ0v) is 29.0. The molecular formula is C32H62N4O4Si. The number of hydrogen-bond donors (Lipinski definition) is 2. The fraction of sp³-hybridized carbons (Fsp3) is 0.906. The topological polar surface area (TPSA) is 104 Å². The number of carbonyl (C=O) groups excluding carboxylic acids is 2. The molecule has 0 aliphatic heterocycles. The number of ether oxygens (including phenoxy) is 1. The SMILES string of the molecule is CC(C)CN(C[C@@H](O[Si](C)(C)C(C)(C)C)[C@H](CC1CCCCC1)NC(=O)OC(C)(C)C)C(=O)NCCCCCC#N. The summed E-state index contributed by atoms with van der Waals surface area (Å²) in [6.45, 7) is 22.6. The van der Waals surface area contributed by atoms with Crippen molar-refractivity contribution in [2.24, 2.45) is 11.8 Å². The zero-order chi connectivity index (χ0) is 31.3. The van der Waals surface area contributed by atoms with E-state index < -0.39 is 20.0 Å². The molecule has 0 heterocycles. The lowest BCUT2D eigenvalue weighted by Crippen LogP contribution is -2.58. The van der Waals surface area contributed by atoms with Crippen LogP contribution in [0.15, 0.2) is 0 Å². The highest BCUT2D eigenvalue weighted by atomic mass is 28.4. The third kappa shape index (κ3) is 15.3. The monoisotopic (exact) mass is 594 g/mol. The molecule has 8 nitrogen and oxygen atoms in total. The number of carbonyl (C=O) groups is 2. The van der Waals surface area contributed by atoms with Gasteiger partial charge in [0, 0.05) is 26.1 Å². The predicted octanol–water partition coefficient (Wildman–Crippen LogP) is 7.99. The van der Waals surface area contributed by atoms with Crippen LogP contribution in [-0.4, -0.2) is 62.7 Å². The number of rotatable bonds is 15. The Morgan fingerprint density at radius 2 is 1.63 bits per heavy atom. The first-order chi connectivity index (χ1) is 18.9. The molecule has 0 saturated heterocycles. The Balaban J connectivity index is 3.29. The number of amides is 3. The molecule has 0 unspecified atom stereocenters. The van der Waals surface area contributed by atoms with Crippen molar-refractivity contribution >= 4 is 20.4 Å². The zero-order valence-electron chi connectivity index (χ0n) is 28.0. The summed E-state index contributed by atoms with van der Waals surface area (Å²) in [5.41, 5.74) is -0.605. The van der Waals surface area contributed by atoms with Gasteiger partial charge < -0.3 is 24.7 Å². The molecule has 2 atom stereocenters. The number of urea groups is 1. The highest BCUT2D eigenvalue weighted by Crippen LogP contribution is 2.38. The fourth-order valence-corrected chi connectivity index (χ4v) is 6.41. The Morgan fingerprint density at radius 3 is 2.17 bits per heavy atom. The molecule has 41 heavy (non-hydrogen) atoms. The minimum atomic E-state index is -2.26. The van der Waals surface area contributed by atoms with Gasteiger partial charge in [0.05, 0.1) is 18.2 Å². The summed E-state index contributed by atoms with van der Waals surface area (Å²) in [5, 5.41) is 15.1. The van der Waals surface area contributed by atoms with Crippen molar-refractivity contribution in [3.63, 3.8) is 0 Å². The van der Waals surface area contributed by atoms with Crippen molar-refractivity contribution < 1.29 is 18.8 Å². The molecule has 9 heteroatoms. The van der Waals surface area contributed by atoms with Crippen LogP contribution in [0.2, 0.25) is 18.1 Å². The molecule has 3 amide bonds. The quantitative estimate of drug-likeness (QED) is 0.148. The average Bonchev–Trinajstić information content (AvgIpc) is 2.83. The van der Waals surface area contributed by atoms with Crippen molar-refractivity contribution in [1.82, 2.24) is 15.5 Å². The molecule has 1 fully saturated rings. The highest BCUT2D eigenvalue weighted by Gasteiger charge is 2.42. The second kappa shape index (κ2) is 17.4. The van der Waals surface area contributed by atoms with E-state index in [9.17, 15) is 9.59 Å². The van der Waals surface area contributed by atoms with Gasteiger partial charge in [-0.3, -0.25) is 0 Å². The van der Waals surface area contributed by atoms with Gasteiger partial charge in [0.25, 0.3) is 0 Å². The Hall–Kier alpha value is -1.79. The Kier molecular flexibility index (Phi) is 15.8. The molecule has 0 bridgehead atoms. The van der Waals surface area contributed by atoms with Crippen LogP contribution in [0.25, 0.3) is 0 Å². The standard InChI is InChI=1S/C32H62N4O4Si/c1-25(2)23-36(29(37)34-21-17-12-11-16-20-33)24-28(40-41(9,10)32(6,7)8)27(22-26-18-14-13-15-19-26)35-30(38)39-31(3,4)5/h25-28H,11-19,21-24H2,1-10H3,(H,34,37)(H,35,38)/t27-,28+/m0/s1. The largest absolute Gasteiger partial charge is 0.444 e. The molecule has 0 aromatic carbocycles. The second-order valence-electron chi connectivity index (χ2n) is 14.9. The molecule has 0 radical (unpaired) electrons. The lowest BCUT2D eigenvalue weighted by Gasteiger charge is -2.44. The Morgan fingerprint density at radius 1 is 1.00 bits per heavy atom. The van der Waals surface area contributed by atoms with Gasteiger partial charge in [-0.25, -0.2) is 9.59 Å². The second-order valence-corrected chi connectivity index (χ2v) is 19.7. The molecular weight excluding hydrogens is 532 g/mol. The molecule has 1 aliphatic rings. The Labute approximate surface area is 252 Å². The number of nitrogens with zero attached hydrogens (tertiary/aromatic N) is 2. The van der Waals surface area contributed by atoms with E-state index in [0.717, 1.165) is 38.5 Å². The van der Waals surface area contributed by atoms with Gasteiger partial charge in [-0.2, -0.15) is 5.26 Å². The summed E-state index contributed by atoms with van der Waals surface area (Å²) in [4.78, 5) is 28.5. The van der Waals surface area contributed by atoms with Crippen LogP contribution in [0.5, 0.6) is 0 Å². The van der Waals surface area contributed by atoms with Crippen LogP contribution < -0.4 is 10.6 Å². The summed E-state index contributed by atoms with van der Waals surface area (Å²) in [7, 11) is -2.26. The van der Waals surface area contributed by atoms with E-state index in [2.05, 4.69) is 64.4 Å². The summed E-state index contributed by atoms with van der Waals surface area (Å²) >= 11 is 0. The van der Waals surface area contributed by atoms with Gasteiger partial charge in [0.15, 0.2) is 8.32 Å². The number of nitrogens with one attached hydrogen (secondary N) is 2. The minimum absolute atomic E-state index is 0.0267. The van der Waals surface area contributed by atoms with Gasteiger partial charge in [0.1, 0.15) is 5.60 Å². The van der Waals surface area contributed by atoms with E-state index in [-0.39, 0.29) is 29.1 Å². The van der Waals surface area contributed by atoms with Crippen LogP contribution in [-0.2, 0) is 9.16 Å². The number of unbranched alkanes of at least 4 members (excludes halogenated alkanes) is 3. The van der Waals surface area contributed by atoms with E-state index in [4.69, 9.17) is 14.4 Å². The highest BCUT2D eigenvalue weighted by molar-refractivity contribution is 6.74. The Bertz CT molecular complexity index is 823. The average molecular weight is 595 g/mol. The van der Waals surface area contributed by atoms with E-state index in [1.165, 1.54) is 19.3 Å². The van der Waals surface area contributed by atoms with Crippen LogP contribution >= 0.6 is 0 Å². The summed E-state index contributed by atoms with van der Waals surface area (Å²) in [5.74, 6) is 0.787. The van der Waals surface area contributed by atoms with Crippen molar-refractivity contribution in [3.05, 3.63) is 0 Å². The third-order valence-corrected chi connectivity index (χ3v) is 12.7. The molecule has 0 aromatic rings. The van der Waals surface area contributed by atoms with Crippen LogP contribution in [0.4, 0.5) is 9.59 Å². The lowest BCUT2D eigenvalue weighted by molar-refractivity contribution is 0.0364. The smallest absolute Gasteiger partial charge is 0.407 e.